The SMILES string of the molecule is COCC(=O)N[C@@H]1C[C@@H](c2nc(COC)nn2C(C)C)CC[C@H]1O. The first-order valence-corrected chi connectivity index (χ1v) is 8.36. The Morgan fingerprint density at radius 2 is 2.12 bits per heavy atom. The molecule has 1 aliphatic carbocycles. The van der Waals surface area contributed by atoms with Crippen LogP contribution in [0.2, 0.25) is 0 Å². The lowest BCUT2D eigenvalue weighted by Crippen LogP contribution is -2.48. The molecule has 1 heterocycles. The third-order valence-electron chi connectivity index (χ3n) is 4.26. The van der Waals surface area contributed by atoms with Crippen LogP contribution in [0.1, 0.15) is 56.7 Å². The fourth-order valence-corrected chi connectivity index (χ4v) is 3.15. The summed E-state index contributed by atoms with van der Waals surface area (Å²) >= 11 is 0. The zero-order chi connectivity index (χ0) is 17.7. The van der Waals surface area contributed by atoms with Crippen LogP contribution in [0, 0.1) is 0 Å². The molecular formula is C16H28N4O4. The van der Waals surface area contributed by atoms with Gasteiger partial charge in [0.15, 0.2) is 5.82 Å². The zero-order valence-electron chi connectivity index (χ0n) is 14.9. The molecule has 1 amide bonds. The molecule has 1 aromatic heterocycles. The summed E-state index contributed by atoms with van der Waals surface area (Å²) in [6, 6.07) is -0.110. The summed E-state index contributed by atoms with van der Waals surface area (Å²) in [4.78, 5) is 16.4. The molecule has 3 atom stereocenters. The number of carbonyl (C=O) groups is 1. The lowest BCUT2D eigenvalue weighted by atomic mass is 9.83. The molecule has 1 saturated carbocycles. The van der Waals surface area contributed by atoms with Crippen molar-refractivity contribution in [2.45, 2.75) is 63.8 Å². The maximum Gasteiger partial charge on any atom is 0.246 e. The van der Waals surface area contributed by atoms with E-state index in [1.165, 1.54) is 7.11 Å². The van der Waals surface area contributed by atoms with E-state index in [2.05, 4.69) is 29.2 Å². The van der Waals surface area contributed by atoms with E-state index < -0.39 is 6.10 Å². The fourth-order valence-electron chi connectivity index (χ4n) is 3.15. The number of nitrogens with zero attached hydrogens (tertiary/aromatic N) is 3. The standard InChI is InChI=1S/C16H28N4O4/c1-10(2)20-16(18-14(19-20)8-23-3)11-5-6-13(21)12(7-11)17-15(22)9-24-4/h10-13,21H,5-9H2,1-4H3,(H,17,22)/t11-,12+,13+/m0/s1. The van der Waals surface area contributed by atoms with Crippen molar-refractivity contribution in [3.63, 3.8) is 0 Å². The van der Waals surface area contributed by atoms with Gasteiger partial charge >= 0.3 is 0 Å². The molecule has 0 unspecified atom stereocenters. The van der Waals surface area contributed by atoms with E-state index in [0.29, 0.717) is 25.3 Å². The third-order valence-corrected chi connectivity index (χ3v) is 4.26. The van der Waals surface area contributed by atoms with Gasteiger partial charge in [0.25, 0.3) is 0 Å². The number of rotatable bonds is 7. The van der Waals surface area contributed by atoms with Crippen LogP contribution in [-0.2, 0) is 20.9 Å². The van der Waals surface area contributed by atoms with Gasteiger partial charge in [-0.05, 0) is 33.1 Å². The van der Waals surface area contributed by atoms with Crippen LogP contribution in [0.4, 0.5) is 0 Å². The Kier molecular flexibility index (Phi) is 6.70. The molecule has 1 fully saturated rings. The lowest BCUT2D eigenvalue weighted by molar-refractivity contribution is -0.126. The second-order valence-corrected chi connectivity index (χ2v) is 6.54. The van der Waals surface area contributed by atoms with Crippen molar-refractivity contribution in [3.05, 3.63) is 11.6 Å². The van der Waals surface area contributed by atoms with Gasteiger partial charge in [-0.1, -0.05) is 0 Å². The first-order valence-electron chi connectivity index (χ1n) is 8.36. The van der Waals surface area contributed by atoms with Gasteiger partial charge in [0.1, 0.15) is 19.0 Å². The summed E-state index contributed by atoms with van der Waals surface area (Å²) < 4.78 is 11.9. The first-order chi connectivity index (χ1) is 11.5. The van der Waals surface area contributed by atoms with Crippen molar-refractivity contribution < 1.29 is 19.4 Å². The van der Waals surface area contributed by atoms with Gasteiger partial charge in [0, 0.05) is 26.2 Å². The van der Waals surface area contributed by atoms with Crippen molar-refractivity contribution in [3.8, 4) is 0 Å². The van der Waals surface area contributed by atoms with E-state index in [1.54, 1.807) is 7.11 Å². The van der Waals surface area contributed by atoms with Gasteiger partial charge in [0.05, 0.1) is 12.1 Å². The molecule has 0 bridgehead atoms. The van der Waals surface area contributed by atoms with Crippen LogP contribution >= 0.6 is 0 Å². The number of aliphatic hydroxyl groups excluding tert-OH is 1. The summed E-state index contributed by atoms with van der Waals surface area (Å²) in [7, 11) is 3.09. The summed E-state index contributed by atoms with van der Waals surface area (Å²) in [5, 5.41) is 17.6. The summed E-state index contributed by atoms with van der Waals surface area (Å²) in [5.41, 5.74) is 0. The molecule has 136 valence electrons. The second-order valence-electron chi connectivity index (χ2n) is 6.54. The Balaban J connectivity index is 2.15. The minimum absolute atomic E-state index is 0.00590. The monoisotopic (exact) mass is 340 g/mol. The van der Waals surface area contributed by atoms with E-state index in [1.807, 2.05) is 4.68 Å². The van der Waals surface area contributed by atoms with Crippen molar-refractivity contribution in [2.75, 3.05) is 20.8 Å². The van der Waals surface area contributed by atoms with E-state index in [4.69, 9.17) is 9.47 Å². The molecule has 0 aliphatic heterocycles. The molecular weight excluding hydrogens is 312 g/mol. The number of nitrogens with one attached hydrogen (secondary N) is 1. The van der Waals surface area contributed by atoms with Gasteiger partial charge in [-0.2, -0.15) is 5.10 Å². The normalized spacial score (nSPS) is 24.3. The van der Waals surface area contributed by atoms with Crippen LogP contribution in [0.25, 0.3) is 0 Å². The van der Waals surface area contributed by atoms with Gasteiger partial charge < -0.3 is 19.9 Å². The van der Waals surface area contributed by atoms with Crippen LogP contribution < -0.4 is 5.32 Å². The molecule has 0 aromatic carbocycles. The zero-order valence-corrected chi connectivity index (χ0v) is 14.9. The highest BCUT2D eigenvalue weighted by atomic mass is 16.5. The summed E-state index contributed by atoms with van der Waals surface area (Å²) in [6.07, 6.45) is 1.52. The number of hydrogen-bond acceptors (Lipinski definition) is 6. The Bertz CT molecular complexity index is 546. The number of ether oxygens (including phenoxy) is 2. The molecule has 0 saturated heterocycles. The smallest absolute Gasteiger partial charge is 0.246 e. The van der Waals surface area contributed by atoms with Gasteiger partial charge in [-0.25, -0.2) is 9.67 Å². The fraction of sp³-hybridized carbons (Fsp3) is 0.812. The van der Waals surface area contributed by atoms with Crippen molar-refractivity contribution in [1.82, 2.24) is 20.1 Å². The molecule has 24 heavy (non-hydrogen) atoms. The van der Waals surface area contributed by atoms with Gasteiger partial charge in [-0.3, -0.25) is 4.79 Å². The number of methoxy groups -OCH3 is 2. The second kappa shape index (κ2) is 8.55. The largest absolute Gasteiger partial charge is 0.391 e. The Morgan fingerprint density at radius 3 is 2.75 bits per heavy atom. The average molecular weight is 340 g/mol. The minimum Gasteiger partial charge on any atom is -0.391 e. The first kappa shape index (κ1) is 18.8. The third kappa shape index (κ3) is 4.52. The number of aromatic nitrogens is 3. The predicted molar refractivity (Wildman–Crippen MR) is 87.5 cm³/mol. The van der Waals surface area contributed by atoms with E-state index in [0.717, 1.165) is 12.2 Å². The number of amides is 1. The maximum atomic E-state index is 11.8. The van der Waals surface area contributed by atoms with Crippen LogP contribution in [-0.4, -0.2) is 58.8 Å². The maximum absolute atomic E-state index is 11.8. The summed E-state index contributed by atoms with van der Waals surface area (Å²) in [5.74, 6) is 1.48. The van der Waals surface area contributed by atoms with Gasteiger partial charge in [0.2, 0.25) is 5.91 Å². The topological polar surface area (TPSA) is 98.5 Å². The highest BCUT2D eigenvalue weighted by Crippen LogP contribution is 2.33. The highest BCUT2D eigenvalue weighted by molar-refractivity contribution is 5.77. The number of hydrogen-bond donors (Lipinski definition) is 2. The van der Waals surface area contributed by atoms with E-state index in [9.17, 15) is 9.90 Å². The molecule has 8 heteroatoms. The quantitative estimate of drug-likeness (QED) is 0.760. The average Bonchev–Trinajstić information content (AvgIpc) is 2.94. The molecule has 2 N–H and O–H groups in total. The van der Waals surface area contributed by atoms with E-state index in [-0.39, 0.29) is 30.5 Å². The van der Waals surface area contributed by atoms with Crippen molar-refractivity contribution in [2.24, 2.45) is 0 Å². The Labute approximate surface area is 142 Å². The number of carbonyl (C=O) groups excluding carboxylic acids is 1. The Hall–Kier alpha value is -1.51. The van der Waals surface area contributed by atoms with Crippen LogP contribution in [0.5, 0.6) is 0 Å². The molecule has 0 spiro atoms. The van der Waals surface area contributed by atoms with Crippen molar-refractivity contribution in [1.29, 1.82) is 0 Å². The molecule has 1 aromatic rings. The molecule has 0 radical (unpaired) electrons. The van der Waals surface area contributed by atoms with Crippen LogP contribution in [0.3, 0.4) is 0 Å². The molecule has 2 rings (SSSR count). The lowest BCUT2D eigenvalue weighted by Gasteiger charge is -2.33. The predicted octanol–water partition coefficient (Wildman–Crippen LogP) is 0.765. The minimum atomic E-state index is -0.545. The summed E-state index contributed by atoms with van der Waals surface area (Å²) in [6.45, 7) is 4.48. The Morgan fingerprint density at radius 1 is 1.38 bits per heavy atom. The number of aliphatic hydroxyl groups is 1. The molecule has 8 nitrogen and oxygen atoms in total. The molecule has 1 aliphatic rings. The van der Waals surface area contributed by atoms with Crippen LogP contribution in [0.15, 0.2) is 0 Å². The highest BCUT2D eigenvalue weighted by Gasteiger charge is 2.34. The van der Waals surface area contributed by atoms with Crippen molar-refractivity contribution >= 4 is 5.91 Å². The van der Waals surface area contributed by atoms with Gasteiger partial charge in [-0.15, -0.1) is 0 Å². The van der Waals surface area contributed by atoms with E-state index >= 15 is 0 Å².